The molecular formula is C20H22O3. The smallest absolute Gasteiger partial charge is 0.337 e. The molecule has 0 bridgehead atoms. The molecule has 3 heteroatoms. The number of ether oxygens (including phenoxy) is 1. The average Bonchev–Trinajstić information content (AvgIpc) is 2.60. The molecule has 2 aromatic rings. The molecule has 0 spiro atoms. The van der Waals surface area contributed by atoms with Gasteiger partial charge in [0.2, 0.25) is 0 Å². The van der Waals surface area contributed by atoms with Crippen LogP contribution in [0.5, 0.6) is 0 Å². The lowest BCUT2D eigenvalue weighted by Crippen LogP contribution is -2.02. The van der Waals surface area contributed by atoms with Gasteiger partial charge in [-0.25, -0.2) is 4.79 Å². The number of esters is 1. The van der Waals surface area contributed by atoms with Crippen molar-refractivity contribution >= 4 is 11.5 Å². The van der Waals surface area contributed by atoms with E-state index in [1.54, 1.807) is 12.1 Å². The van der Waals surface area contributed by atoms with E-state index >= 15 is 0 Å². The minimum Gasteiger partial charge on any atom is -0.465 e. The molecule has 2 aromatic carbocycles. The Morgan fingerprint density at radius 2 is 1.78 bits per heavy atom. The Kier molecular flexibility index (Phi) is 5.35. The summed E-state index contributed by atoms with van der Waals surface area (Å²) in [6.45, 7) is 8.34. The standard InChI is InChI=1S/C20H22O3/c1-13-5-6-18(14(2)12-21)11-19(13)15(3)16-7-9-17(10-8-16)20(22)23-4/h5-11,14,21H,3,12H2,1-2,4H3. The van der Waals surface area contributed by atoms with E-state index in [2.05, 4.69) is 12.6 Å². The monoisotopic (exact) mass is 310 g/mol. The van der Waals surface area contributed by atoms with Gasteiger partial charge >= 0.3 is 5.97 Å². The van der Waals surface area contributed by atoms with Gasteiger partial charge in [0, 0.05) is 12.5 Å². The molecule has 0 aliphatic carbocycles. The zero-order valence-corrected chi connectivity index (χ0v) is 13.8. The van der Waals surface area contributed by atoms with Crippen LogP contribution in [0.2, 0.25) is 0 Å². The third kappa shape index (κ3) is 3.69. The summed E-state index contributed by atoms with van der Waals surface area (Å²) >= 11 is 0. The normalized spacial score (nSPS) is 11.8. The topological polar surface area (TPSA) is 46.5 Å². The quantitative estimate of drug-likeness (QED) is 0.851. The fourth-order valence-corrected chi connectivity index (χ4v) is 2.46. The van der Waals surface area contributed by atoms with Gasteiger partial charge in [-0.3, -0.25) is 0 Å². The van der Waals surface area contributed by atoms with Crippen LogP contribution >= 0.6 is 0 Å². The number of benzene rings is 2. The Balaban J connectivity index is 2.34. The molecule has 0 aliphatic heterocycles. The summed E-state index contributed by atoms with van der Waals surface area (Å²) in [4.78, 5) is 11.5. The highest BCUT2D eigenvalue weighted by molar-refractivity contribution is 5.90. The van der Waals surface area contributed by atoms with Crippen LogP contribution in [-0.2, 0) is 4.74 Å². The van der Waals surface area contributed by atoms with Crippen LogP contribution in [0.15, 0.2) is 49.0 Å². The maximum atomic E-state index is 11.5. The molecule has 0 heterocycles. The highest BCUT2D eigenvalue weighted by Gasteiger charge is 2.11. The lowest BCUT2D eigenvalue weighted by molar-refractivity contribution is 0.0600. The molecule has 1 unspecified atom stereocenters. The minimum atomic E-state index is -0.350. The Bertz CT molecular complexity index is 714. The van der Waals surface area contributed by atoms with E-state index in [9.17, 15) is 9.90 Å². The van der Waals surface area contributed by atoms with Gasteiger partial charge < -0.3 is 9.84 Å². The van der Waals surface area contributed by atoms with Crippen molar-refractivity contribution in [2.45, 2.75) is 19.8 Å². The van der Waals surface area contributed by atoms with Gasteiger partial charge in [0.1, 0.15) is 0 Å². The lowest BCUT2D eigenvalue weighted by atomic mass is 9.91. The zero-order chi connectivity index (χ0) is 17.0. The van der Waals surface area contributed by atoms with Gasteiger partial charge in [0.25, 0.3) is 0 Å². The summed E-state index contributed by atoms with van der Waals surface area (Å²) in [6, 6.07) is 13.4. The molecular weight excluding hydrogens is 288 g/mol. The number of aliphatic hydroxyl groups is 1. The number of aryl methyl sites for hydroxylation is 1. The summed E-state index contributed by atoms with van der Waals surface area (Å²) in [5.41, 5.74) is 5.62. The molecule has 2 rings (SSSR count). The van der Waals surface area contributed by atoms with E-state index in [0.717, 1.165) is 27.8 Å². The lowest BCUT2D eigenvalue weighted by Gasteiger charge is -2.15. The molecule has 1 N–H and O–H groups in total. The van der Waals surface area contributed by atoms with Crippen LogP contribution in [-0.4, -0.2) is 24.8 Å². The summed E-state index contributed by atoms with van der Waals surface area (Å²) in [6.07, 6.45) is 0. The molecule has 0 saturated heterocycles. The van der Waals surface area contributed by atoms with Gasteiger partial charge in [-0.15, -0.1) is 0 Å². The van der Waals surface area contributed by atoms with Crippen molar-refractivity contribution < 1.29 is 14.6 Å². The number of hydrogen-bond acceptors (Lipinski definition) is 3. The predicted octanol–water partition coefficient (Wildman–Crippen LogP) is 3.94. The third-order valence-electron chi connectivity index (χ3n) is 4.08. The zero-order valence-electron chi connectivity index (χ0n) is 13.8. The molecule has 0 aromatic heterocycles. The summed E-state index contributed by atoms with van der Waals surface area (Å²) in [5.74, 6) is -0.263. The van der Waals surface area contributed by atoms with E-state index in [4.69, 9.17) is 4.74 Å². The Hall–Kier alpha value is -2.39. The molecule has 0 fully saturated rings. The first-order valence-corrected chi connectivity index (χ1v) is 7.57. The van der Waals surface area contributed by atoms with Crippen molar-refractivity contribution in [1.29, 1.82) is 0 Å². The Morgan fingerprint density at radius 3 is 2.35 bits per heavy atom. The first-order valence-electron chi connectivity index (χ1n) is 7.57. The molecule has 0 amide bonds. The van der Waals surface area contributed by atoms with Crippen LogP contribution in [0, 0.1) is 6.92 Å². The second-order valence-corrected chi connectivity index (χ2v) is 5.71. The summed E-state index contributed by atoms with van der Waals surface area (Å²) in [7, 11) is 1.37. The molecule has 120 valence electrons. The van der Waals surface area contributed by atoms with E-state index in [-0.39, 0.29) is 18.5 Å². The number of methoxy groups -OCH3 is 1. The average molecular weight is 310 g/mol. The van der Waals surface area contributed by atoms with E-state index in [0.29, 0.717) is 5.56 Å². The summed E-state index contributed by atoms with van der Waals surface area (Å²) in [5, 5.41) is 9.34. The Morgan fingerprint density at radius 1 is 1.17 bits per heavy atom. The van der Waals surface area contributed by atoms with Crippen molar-refractivity contribution in [2.75, 3.05) is 13.7 Å². The van der Waals surface area contributed by atoms with E-state index in [1.165, 1.54) is 7.11 Å². The SMILES string of the molecule is C=C(c1ccc(C(=O)OC)cc1)c1cc(C(C)CO)ccc1C. The van der Waals surface area contributed by atoms with Crippen molar-refractivity contribution in [3.63, 3.8) is 0 Å². The maximum absolute atomic E-state index is 11.5. The van der Waals surface area contributed by atoms with Crippen LogP contribution in [0.3, 0.4) is 0 Å². The predicted molar refractivity (Wildman–Crippen MR) is 92.6 cm³/mol. The number of carbonyl (C=O) groups excluding carboxylic acids is 1. The largest absolute Gasteiger partial charge is 0.465 e. The maximum Gasteiger partial charge on any atom is 0.337 e. The second kappa shape index (κ2) is 7.25. The molecule has 0 aliphatic rings. The number of carbonyl (C=O) groups is 1. The van der Waals surface area contributed by atoms with Crippen molar-refractivity contribution in [3.8, 4) is 0 Å². The minimum absolute atomic E-state index is 0.0869. The summed E-state index contributed by atoms with van der Waals surface area (Å²) < 4.78 is 4.71. The van der Waals surface area contributed by atoms with Crippen molar-refractivity contribution in [2.24, 2.45) is 0 Å². The fraction of sp³-hybridized carbons (Fsp3) is 0.250. The van der Waals surface area contributed by atoms with Crippen LogP contribution in [0.4, 0.5) is 0 Å². The van der Waals surface area contributed by atoms with Crippen molar-refractivity contribution in [3.05, 3.63) is 76.9 Å². The first-order chi connectivity index (χ1) is 11.0. The van der Waals surface area contributed by atoms with Gasteiger partial charge in [-0.05, 0) is 46.9 Å². The van der Waals surface area contributed by atoms with Gasteiger partial charge in [0.15, 0.2) is 0 Å². The number of aliphatic hydroxyl groups excluding tert-OH is 1. The van der Waals surface area contributed by atoms with Gasteiger partial charge in [-0.2, -0.15) is 0 Å². The number of rotatable bonds is 5. The molecule has 0 saturated carbocycles. The highest BCUT2D eigenvalue weighted by atomic mass is 16.5. The Labute approximate surface area is 137 Å². The van der Waals surface area contributed by atoms with Crippen LogP contribution in [0.1, 0.15) is 45.5 Å². The molecule has 23 heavy (non-hydrogen) atoms. The van der Waals surface area contributed by atoms with Gasteiger partial charge in [0.05, 0.1) is 12.7 Å². The van der Waals surface area contributed by atoms with E-state index in [1.807, 2.05) is 38.1 Å². The van der Waals surface area contributed by atoms with Crippen LogP contribution in [0.25, 0.3) is 5.57 Å². The molecule has 3 nitrogen and oxygen atoms in total. The van der Waals surface area contributed by atoms with Gasteiger partial charge in [-0.1, -0.05) is 43.8 Å². The molecule has 1 atom stereocenters. The second-order valence-electron chi connectivity index (χ2n) is 5.71. The highest BCUT2D eigenvalue weighted by Crippen LogP contribution is 2.28. The first kappa shape index (κ1) is 17.0. The number of hydrogen-bond donors (Lipinski definition) is 1. The van der Waals surface area contributed by atoms with Crippen LogP contribution < -0.4 is 0 Å². The van der Waals surface area contributed by atoms with E-state index < -0.39 is 0 Å². The third-order valence-corrected chi connectivity index (χ3v) is 4.08. The fourth-order valence-electron chi connectivity index (χ4n) is 2.46. The van der Waals surface area contributed by atoms with Crippen molar-refractivity contribution in [1.82, 2.24) is 0 Å². The molecule has 0 radical (unpaired) electrons.